The first kappa shape index (κ1) is 23.3. The molecule has 4 rings (SSSR count). The monoisotopic (exact) mass is 465 g/mol. The topological polar surface area (TPSA) is 63.5 Å². The van der Waals surface area contributed by atoms with Crippen LogP contribution in [-0.4, -0.2) is 70.2 Å². The van der Waals surface area contributed by atoms with Gasteiger partial charge in [0, 0.05) is 43.1 Å². The van der Waals surface area contributed by atoms with Crippen LogP contribution in [0.25, 0.3) is 17.1 Å². The number of carbonyl (C=O) groups excluding carboxylic acids is 1. The average molecular weight is 466 g/mol. The minimum atomic E-state index is 0.0755. The molecule has 7 nitrogen and oxygen atoms in total. The van der Waals surface area contributed by atoms with Crippen LogP contribution in [0.3, 0.4) is 0 Å². The number of morpholine rings is 1. The van der Waals surface area contributed by atoms with Crippen molar-refractivity contribution >= 4 is 23.4 Å². The molecule has 0 N–H and O–H groups in total. The highest BCUT2D eigenvalue weighted by Crippen LogP contribution is 2.29. The van der Waals surface area contributed by atoms with Crippen molar-refractivity contribution in [1.29, 1.82) is 0 Å². The molecule has 0 aliphatic carbocycles. The van der Waals surface area contributed by atoms with Gasteiger partial charge in [-0.15, -0.1) is 10.2 Å². The van der Waals surface area contributed by atoms with Crippen molar-refractivity contribution in [3.63, 3.8) is 0 Å². The van der Waals surface area contributed by atoms with Gasteiger partial charge in [-0.1, -0.05) is 30.0 Å². The van der Waals surface area contributed by atoms with E-state index in [1.807, 2.05) is 46.7 Å². The Morgan fingerprint density at radius 1 is 1.09 bits per heavy atom. The van der Waals surface area contributed by atoms with E-state index in [1.54, 1.807) is 0 Å². The molecule has 1 fully saturated rings. The first-order valence-electron chi connectivity index (χ1n) is 11.5. The van der Waals surface area contributed by atoms with Crippen LogP contribution < -0.4 is 4.90 Å². The summed E-state index contributed by atoms with van der Waals surface area (Å²) in [6, 6.07) is 18.5. The minimum absolute atomic E-state index is 0.0755. The zero-order valence-electron chi connectivity index (χ0n) is 19.5. The first-order valence-corrected chi connectivity index (χ1v) is 12.5. The number of carbonyl (C=O) groups is 1. The van der Waals surface area contributed by atoms with Gasteiger partial charge in [-0.2, -0.15) is 0 Å². The molecule has 1 atom stereocenters. The third-order valence-electron chi connectivity index (χ3n) is 5.82. The van der Waals surface area contributed by atoms with Crippen LogP contribution in [0.4, 0.5) is 5.69 Å². The minimum Gasteiger partial charge on any atom is -0.375 e. The largest absolute Gasteiger partial charge is 0.375 e. The van der Waals surface area contributed by atoms with Crippen molar-refractivity contribution in [1.82, 2.24) is 19.7 Å². The Kier molecular flexibility index (Phi) is 7.67. The lowest BCUT2D eigenvalue weighted by Gasteiger charge is -2.31. The van der Waals surface area contributed by atoms with Crippen LogP contribution in [0.2, 0.25) is 0 Å². The van der Waals surface area contributed by atoms with Crippen LogP contribution in [0, 0.1) is 0 Å². The number of thioether (sulfide) groups is 1. The van der Waals surface area contributed by atoms with E-state index < -0.39 is 0 Å². The van der Waals surface area contributed by atoms with Crippen molar-refractivity contribution < 1.29 is 9.53 Å². The Labute approximate surface area is 199 Å². The summed E-state index contributed by atoms with van der Waals surface area (Å²) in [5.41, 5.74) is 3.15. The molecule has 2 heterocycles. The van der Waals surface area contributed by atoms with Crippen LogP contribution in [0.15, 0.2) is 59.8 Å². The summed E-state index contributed by atoms with van der Waals surface area (Å²) in [5.74, 6) is 1.18. The molecule has 33 heavy (non-hydrogen) atoms. The number of para-hydroxylation sites is 1. The highest BCUT2D eigenvalue weighted by Gasteiger charge is 2.23. The zero-order valence-corrected chi connectivity index (χ0v) is 20.3. The molecule has 1 amide bonds. The Bertz CT molecular complexity index is 1050. The molecule has 1 saturated heterocycles. The molecule has 3 aromatic rings. The van der Waals surface area contributed by atoms with Gasteiger partial charge in [-0.3, -0.25) is 9.36 Å². The summed E-state index contributed by atoms with van der Waals surface area (Å²) >= 11 is 1.42. The van der Waals surface area contributed by atoms with E-state index in [4.69, 9.17) is 4.74 Å². The third-order valence-corrected chi connectivity index (χ3v) is 6.73. The number of nitrogens with zero attached hydrogens (tertiary/aromatic N) is 5. The fraction of sp³-hybridized carbons (Fsp3) is 0.400. The number of rotatable bonds is 8. The number of amides is 1. The van der Waals surface area contributed by atoms with Gasteiger partial charge in [0.1, 0.15) is 0 Å². The lowest BCUT2D eigenvalue weighted by atomic mass is 10.1. The van der Waals surface area contributed by atoms with E-state index in [-0.39, 0.29) is 12.0 Å². The number of ether oxygens (including phenoxy) is 1. The summed E-state index contributed by atoms with van der Waals surface area (Å²) in [5, 5.41) is 9.68. The number of hydrogen-bond acceptors (Lipinski definition) is 6. The molecule has 0 radical (unpaired) electrons. The van der Waals surface area contributed by atoms with Gasteiger partial charge in [-0.25, -0.2) is 0 Å². The van der Waals surface area contributed by atoms with Crippen molar-refractivity contribution in [2.24, 2.45) is 0 Å². The van der Waals surface area contributed by atoms with E-state index in [0.717, 1.165) is 30.2 Å². The van der Waals surface area contributed by atoms with Gasteiger partial charge in [0.15, 0.2) is 11.0 Å². The maximum atomic E-state index is 12.8. The second-order valence-electron chi connectivity index (χ2n) is 8.01. The van der Waals surface area contributed by atoms with E-state index in [2.05, 4.69) is 53.2 Å². The molecular formula is C25H31N5O2S. The molecule has 1 aromatic heterocycles. The fourth-order valence-corrected chi connectivity index (χ4v) is 4.89. The van der Waals surface area contributed by atoms with E-state index in [1.165, 1.54) is 17.4 Å². The first-order chi connectivity index (χ1) is 16.1. The molecular weight excluding hydrogens is 434 g/mol. The second-order valence-corrected chi connectivity index (χ2v) is 8.95. The molecule has 2 aromatic carbocycles. The molecule has 174 valence electrons. The van der Waals surface area contributed by atoms with Crippen molar-refractivity contribution in [2.75, 3.05) is 43.4 Å². The second kappa shape index (κ2) is 10.9. The highest BCUT2D eigenvalue weighted by atomic mass is 32.2. The summed E-state index contributed by atoms with van der Waals surface area (Å²) in [6.07, 6.45) is 0.0755. The molecule has 0 saturated carbocycles. The highest BCUT2D eigenvalue weighted by molar-refractivity contribution is 7.99. The smallest absolute Gasteiger partial charge is 0.233 e. The lowest BCUT2D eigenvalue weighted by Crippen LogP contribution is -2.45. The van der Waals surface area contributed by atoms with Gasteiger partial charge in [0.2, 0.25) is 5.91 Å². The number of aromatic nitrogens is 3. The standard InChI is InChI=1S/C25H31N5O2S/c1-4-28(5-2)21-13-11-20(12-14-21)24-26-27-25(30(24)22-9-7-6-8-10-22)33-18-23(31)29-15-16-32-19(3)17-29/h6-14,19H,4-5,15-18H2,1-3H3. The normalized spacial score (nSPS) is 16.1. The van der Waals surface area contributed by atoms with Gasteiger partial charge in [-0.05, 0) is 57.2 Å². The average Bonchev–Trinajstić information content (AvgIpc) is 3.28. The molecule has 8 heteroatoms. The predicted molar refractivity (Wildman–Crippen MR) is 133 cm³/mol. The van der Waals surface area contributed by atoms with E-state index >= 15 is 0 Å². The van der Waals surface area contributed by atoms with Gasteiger partial charge in [0.05, 0.1) is 18.5 Å². The molecule has 1 aliphatic heterocycles. The number of benzene rings is 2. The van der Waals surface area contributed by atoms with Crippen molar-refractivity contribution in [3.8, 4) is 17.1 Å². The number of anilines is 1. The maximum Gasteiger partial charge on any atom is 0.233 e. The Hall–Kier alpha value is -2.84. The predicted octanol–water partition coefficient (Wildman–Crippen LogP) is 4.12. The number of hydrogen-bond donors (Lipinski definition) is 0. The van der Waals surface area contributed by atoms with Crippen LogP contribution in [0.1, 0.15) is 20.8 Å². The SMILES string of the molecule is CCN(CC)c1ccc(-c2nnc(SCC(=O)N3CCOC(C)C3)n2-c2ccccc2)cc1. The Balaban J connectivity index is 1.59. The van der Waals surface area contributed by atoms with Gasteiger partial charge >= 0.3 is 0 Å². The molecule has 1 aliphatic rings. The molecule has 0 spiro atoms. The summed E-state index contributed by atoms with van der Waals surface area (Å²) < 4.78 is 7.59. The molecule has 0 bridgehead atoms. The maximum absolute atomic E-state index is 12.8. The zero-order chi connectivity index (χ0) is 23.2. The van der Waals surface area contributed by atoms with E-state index in [9.17, 15) is 4.79 Å². The van der Waals surface area contributed by atoms with Crippen LogP contribution >= 0.6 is 11.8 Å². The quantitative estimate of drug-likeness (QED) is 0.467. The fourth-order valence-electron chi connectivity index (χ4n) is 4.03. The van der Waals surface area contributed by atoms with Crippen molar-refractivity contribution in [2.45, 2.75) is 32.0 Å². The Morgan fingerprint density at radius 2 is 1.82 bits per heavy atom. The molecule has 1 unspecified atom stereocenters. The summed E-state index contributed by atoms with van der Waals surface area (Å²) in [7, 11) is 0. The van der Waals surface area contributed by atoms with Crippen LogP contribution in [-0.2, 0) is 9.53 Å². The Morgan fingerprint density at radius 3 is 2.48 bits per heavy atom. The summed E-state index contributed by atoms with van der Waals surface area (Å²) in [6.45, 7) is 10.1. The van der Waals surface area contributed by atoms with Crippen molar-refractivity contribution in [3.05, 3.63) is 54.6 Å². The van der Waals surface area contributed by atoms with E-state index in [0.29, 0.717) is 30.6 Å². The summed E-state index contributed by atoms with van der Waals surface area (Å²) in [4.78, 5) is 17.0. The lowest BCUT2D eigenvalue weighted by molar-refractivity contribution is -0.135. The third kappa shape index (κ3) is 5.39. The van der Waals surface area contributed by atoms with Gasteiger partial charge < -0.3 is 14.5 Å². The van der Waals surface area contributed by atoms with Crippen LogP contribution in [0.5, 0.6) is 0 Å². The van der Waals surface area contributed by atoms with Gasteiger partial charge in [0.25, 0.3) is 0 Å².